The van der Waals surface area contributed by atoms with Crippen molar-refractivity contribution in [1.29, 1.82) is 0 Å². The molecular formula is C80H156O17P2. The molecule has 0 aromatic heterocycles. The van der Waals surface area contributed by atoms with Gasteiger partial charge in [0.05, 0.1) is 26.4 Å². The van der Waals surface area contributed by atoms with Crippen molar-refractivity contribution >= 4 is 39.5 Å². The predicted molar refractivity (Wildman–Crippen MR) is 405 cm³/mol. The summed E-state index contributed by atoms with van der Waals surface area (Å²) in [6.45, 7) is 4.93. The van der Waals surface area contributed by atoms with Crippen molar-refractivity contribution in [2.24, 2.45) is 0 Å². The van der Waals surface area contributed by atoms with Crippen LogP contribution in [0.5, 0.6) is 0 Å². The Hall–Kier alpha value is -1.94. The van der Waals surface area contributed by atoms with Gasteiger partial charge in [-0.2, -0.15) is 0 Å². The molecule has 0 aliphatic heterocycles. The summed E-state index contributed by atoms with van der Waals surface area (Å²) >= 11 is 0. The normalized spacial score (nSPS) is 13.8. The molecule has 0 saturated carbocycles. The van der Waals surface area contributed by atoms with Crippen molar-refractivity contribution in [2.75, 3.05) is 39.6 Å². The molecule has 0 aliphatic carbocycles. The van der Waals surface area contributed by atoms with E-state index >= 15 is 0 Å². The van der Waals surface area contributed by atoms with E-state index in [0.717, 1.165) is 96.3 Å². The van der Waals surface area contributed by atoms with Gasteiger partial charge in [0, 0.05) is 25.7 Å². The highest BCUT2D eigenvalue weighted by atomic mass is 31.2. The van der Waals surface area contributed by atoms with Gasteiger partial charge >= 0.3 is 39.5 Å². The zero-order valence-electron chi connectivity index (χ0n) is 64.5. The van der Waals surface area contributed by atoms with Crippen LogP contribution in [0.25, 0.3) is 0 Å². The molecule has 3 N–H and O–H groups in total. The van der Waals surface area contributed by atoms with E-state index < -0.39 is 97.5 Å². The first-order valence-electron chi connectivity index (χ1n) is 41.8. The zero-order valence-corrected chi connectivity index (χ0v) is 66.3. The maximum Gasteiger partial charge on any atom is 0.472 e. The molecule has 0 radical (unpaired) electrons. The van der Waals surface area contributed by atoms with Crippen LogP contribution in [-0.4, -0.2) is 96.7 Å². The summed E-state index contributed by atoms with van der Waals surface area (Å²) < 4.78 is 68.5. The van der Waals surface area contributed by atoms with E-state index in [1.165, 1.54) is 257 Å². The molecule has 17 nitrogen and oxygen atoms in total. The molecule has 0 aromatic carbocycles. The lowest BCUT2D eigenvalue weighted by Gasteiger charge is -2.21. The Labute approximate surface area is 607 Å². The molecule has 588 valence electrons. The largest absolute Gasteiger partial charge is 0.472 e. The quantitative estimate of drug-likeness (QED) is 0.0222. The van der Waals surface area contributed by atoms with Crippen LogP contribution in [0.15, 0.2) is 0 Å². The average molecular weight is 1450 g/mol. The first-order chi connectivity index (χ1) is 48.2. The van der Waals surface area contributed by atoms with Gasteiger partial charge < -0.3 is 33.8 Å². The van der Waals surface area contributed by atoms with Crippen LogP contribution >= 0.6 is 15.6 Å². The monoisotopic (exact) mass is 1450 g/mol. The standard InChI is InChI=1S/C80H156O17P2/c1-5-9-13-17-20-23-26-29-32-35-37-39-42-44-47-50-53-57-61-65-78(83)91-71-76(97-80(85)67-63-59-55-52-49-46-43-40-38-36-33-30-27-24-21-18-14-10-6-2)73-95-99(88,89)93-69-74(81)68-92-98(86,87)94-72-75(70-90-77(82)64-60-56-16-12-8-4)96-79(84)66-62-58-54-51-48-45-41-34-31-28-25-22-19-15-11-7-3/h74-76,81H,5-73H2,1-4H3,(H,86,87)(H,88,89)/t74-,75+,76+/m0/s1. The van der Waals surface area contributed by atoms with E-state index in [2.05, 4.69) is 27.7 Å². The molecule has 2 unspecified atom stereocenters. The number of hydrogen-bond acceptors (Lipinski definition) is 15. The lowest BCUT2D eigenvalue weighted by Crippen LogP contribution is -2.30. The Bertz CT molecular complexity index is 1880. The van der Waals surface area contributed by atoms with Gasteiger partial charge in [0.2, 0.25) is 0 Å². The number of hydrogen-bond donors (Lipinski definition) is 3. The minimum absolute atomic E-state index is 0.108. The molecular weight excluding hydrogens is 1290 g/mol. The summed E-state index contributed by atoms with van der Waals surface area (Å²) in [5.74, 6) is -2.12. The Morgan fingerprint density at radius 3 is 0.596 bits per heavy atom. The number of carbonyl (C=O) groups excluding carboxylic acids is 4. The number of aliphatic hydroxyl groups is 1. The number of aliphatic hydroxyl groups excluding tert-OH is 1. The number of carbonyl (C=O) groups is 4. The number of unbranched alkanes of at least 4 members (excludes halogenated alkanes) is 55. The Morgan fingerprint density at radius 2 is 0.404 bits per heavy atom. The van der Waals surface area contributed by atoms with Crippen LogP contribution in [0.3, 0.4) is 0 Å². The highest BCUT2D eigenvalue weighted by molar-refractivity contribution is 7.47. The van der Waals surface area contributed by atoms with Crippen LogP contribution < -0.4 is 0 Å². The molecule has 0 aliphatic rings. The molecule has 5 atom stereocenters. The van der Waals surface area contributed by atoms with Crippen molar-refractivity contribution in [2.45, 2.75) is 451 Å². The van der Waals surface area contributed by atoms with Gasteiger partial charge in [0.1, 0.15) is 19.3 Å². The Balaban J connectivity index is 5.12. The fraction of sp³-hybridized carbons (Fsp3) is 0.950. The number of rotatable bonds is 81. The molecule has 0 bridgehead atoms. The van der Waals surface area contributed by atoms with Crippen LogP contribution in [0.2, 0.25) is 0 Å². The van der Waals surface area contributed by atoms with E-state index in [-0.39, 0.29) is 25.7 Å². The summed E-state index contributed by atoms with van der Waals surface area (Å²) in [5, 5.41) is 10.6. The molecule has 0 fully saturated rings. The maximum absolute atomic E-state index is 13.1. The minimum atomic E-state index is -4.96. The van der Waals surface area contributed by atoms with E-state index in [4.69, 9.17) is 37.0 Å². The Morgan fingerprint density at radius 1 is 0.242 bits per heavy atom. The van der Waals surface area contributed by atoms with Crippen molar-refractivity contribution in [3.05, 3.63) is 0 Å². The summed E-state index contributed by atoms with van der Waals surface area (Å²) in [6.07, 6.45) is 67.1. The lowest BCUT2D eigenvalue weighted by atomic mass is 10.0. The van der Waals surface area contributed by atoms with E-state index in [1.54, 1.807) is 0 Å². The second kappa shape index (κ2) is 74.3. The van der Waals surface area contributed by atoms with Crippen LogP contribution in [-0.2, 0) is 65.4 Å². The second-order valence-electron chi connectivity index (χ2n) is 28.8. The average Bonchev–Trinajstić information content (AvgIpc) is 1.09. The maximum atomic E-state index is 13.1. The summed E-state index contributed by atoms with van der Waals surface area (Å²) in [4.78, 5) is 72.7. The topological polar surface area (TPSA) is 237 Å². The van der Waals surface area contributed by atoms with Gasteiger partial charge in [0.15, 0.2) is 12.2 Å². The van der Waals surface area contributed by atoms with Crippen molar-refractivity contribution in [3.63, 3.8) is 0 Å². The first-order valence-corrected chi connectivity index (χ1v) is 44.8. The fourth-order valence-corrected chi connectivity index (χ4v) is 14.0. The van der Waals surface area contributed by atoms with Crippen molar-refractivity contribution in [3.8, 4) is 0 Å². The third-order valence-electron chi connectivity index (χ3n) is 18.9. The highest BCUT2D eigenvalue weighted by Crippen LogP contribution is 2.45. The van der Waals surface area contributed by atoms with E-state index in [0.29, 0.717) is 25.7 Å². The molecule has 0 saturated heterocycles. The van der Waals surface area contributed by atoms with E-state index in [1.807, 2.05) is 0 Å². The number of esters is 4. The molecule has 19 heteroatoms. The van der Waals surface area contributed by atoms with Gasteiger partial charge in [-0.05, 0) is 25.7 Å². The van der Waals surface area contributed by atoms with Gasteiger partial charge in [-0.1, -0.05) is 381 Å². The van der Waals surface area contributed by atoms with Crippen LogP contribution in [0, 0.1) is 0 Å². The zero-order chi connectivity index (χ0) is 72.5. The first kappa shape index (κ1) is 97.1. The van der Waals surface area contributed by atoms with Gasteiger partial charge in [-0.3, -0.25) is 37.3 Å². The highest BCUT2D eigenvalue weighted by Gasteiger charge is 2.30. The number of ether oxygens (including phenoxy) is 4. The van der Waals surface area contributed by atoms with Crippen molar-refractivity contribution in [1.82, 2.24) is 0 Å². The lowest BCUT2D eigenvalue weighted by molar-refractivity contribution is -0.161. The van der Waals surface area contributed by atoms with E-state index in [9.17, 15) is 43.2 Å². The molecule has 0 aromatic rings. The molecule has 0 amide bonds. The summed E-state index contributed by atoms with van der Waals surface area (Å²) in [6, 6.07) is 0. The smallest absolute Gasteiger partial charge is 0.462 e. The van der Waals surface area contributed by atoms with Crippen molar-refractivity contribution < 1.29 is 80.2 Å². The van der Waals surface area contributed by atoms with Crippen LogP contribution in [0.1, 0.15) is 432 Å². The molecule has 99 heavy (non-hydrogen) atoms. The van der Waals surface area contributed by atoms with Crippen LogP contribution in [0.4, 0.5) is 0 Å². The van der Waals surface area contributed by atoms with Gasteiger partial charge in [0.25, 0.3) is 0 Å². The third kappa shape index (κ3) is 74.1. The van der Waals surface area contributed by atoms with Gasteiger partial charge in [-0.15, -0.1) is 0 Å². The summed E-state index contributed by atoms with van der Waals surface area (Å²) in [5.41, 5.74) is 0. The SMILES string of the molecule is CCCCCCCCCCCCCCCCCCCCCC(=O)OC[C@H](COP(=O)(O)OC[C@@H](O)COP(=O)(O)OC[C@@H](COC(=O)CCCCCCC)OC(=O)CCCCCCCCCCCCCCCCCC)OC(=O)CCCCCCCCCCCCCCCCCCCCC. The van der Waals surface area contributed by atoms with Gasteiger partial charge in [-0.25, -0.2) is 9.13 Å². The Kier molecular flexibility index (Phi) is 72.9. The molecule has 0 rings (SSSR count). The predicted octanol–water partition coefficient (Wildman–Crippen LogP) is 24.2. The third-order valence-corrected chi connectivity index (χ3v) is 20.8. The number of phosphoric ester groups is 2. The molecule has 0 spiro atoms. The number of phosphoric acid groups is 2. The second-order valence-corrected chi connectivity index (χ2v) is 31.7. The molecule has 0 heterocycles. The summed E-state index contributed by atoms with van der Waals surface area (Å²) in [7, 11) is -9.91. The minimum Gasteiger partial charge on any atom is -0.462 e. The fourth-order valence-electron chi connectivity index (χ4n) is 12.5.